The lowest BCUT2D eigenvalue weighted by molar-refractivity contribution is -0.128. The Morgan fingerprint density at radius 1 is 1.13 bits per heavy atom. The van der Waals surface area contributed by atoms with E-state index in [1.54, 1.807) is 12.1 Å². The predicted octanol–water partition coefficient (Wildman–Crippen LogP) is 1.18. The molecule has 1 aromatic carbocycles. The number of amides is 2. The number of aliphatic hydroxyl groups excluding tert-OH is 1. The monoisotopic (exact) mass is 316 g/mol. The van der Waals surface area contributed by atoms with E-state index in [-0.39, 0.29) is 18.4 Å². The highest BCUT2D eigenvalue weighted by Gasteiger charge is 2.24. The minimum absolute atomic E-state index is 0.292. The second-order valence-electron chi connectivity index (χ2n) is 5.20. The van der Waals surface area contributed by atoms with Gasteiger partial charge in [-0.3, -0.25) is 9.59 Å². The molecule has 2 amide bonds. The van der Waals surface area contributed by atoms with Crippen molar-refractivity contribution in [3.8, 4) is 0 Å². The van der Waals surface area contributed by atoms with E-state index in [0.29, 0.717) is 12.2 Å². The first-order valence-corrected chi connectivity index (χ1v) is 7.36. The summed E-state index contributed by atoms with van der Waals surface area (Å²) in [5.41, 5.74) is 0.931. The Morgan fingerprint density at radius 3 is 2.43 bits per heavy atom. The molecule has 2 rings (SSSR count). The van der Waals surface area contributed by atoms with Crippen LogP contribution in [0.4, 0.5) is 0 Å². The van der Waals surface area contributed by atoms with Crippen molar-refractivity contribution in [2.24, 2.45) is 0 Å². The maximum atomic E-state index is 12.5. The van der Waals surface area contributed by atoms with Gasteiger partial charge in [0.25, 0.3) is 0 Å². The van der Waals surface area contributed by atoms with Crippen LogP contribution in [0, 0.1) is 0 Å². The molecule has 0 aliphatic rings. The van der Waals surface area contributed by atoms with Crippen molar-refractivity contribution in [3.63, 3.8) is 0 Å². The van der Waals surface area contributed by atoms with Gasteiger partial charge in [-0.2, -0.15) is 0 Å². The molecule has 1 unspecified atom stereocenters. The fourth-order valence-corrected chi connectivity index (χ4v) is 2.27. The van der Waals surface area contributed by atoms with Crippen LogP contribution in [0.15, 0.2) is 53.1 Å². The second kappa shape index (κ2) is 8.14. The molecule has 2 aromatic rings. The van der Waals surface area contributed by atoms with E-state index < -0.39 is 12.1 Å². The molecule has 0 saturated heterocycles. The lowest BCUT2D eigenvalue weighted by atomic mass is 10.0. The van der Waals surface area contributed by atoms with Crippen LogP contribution in [0.25, 0.3) is 0 Å². The van der Waals surface area contributed by atoms with E-state index in [9.17, 15) is 14.7 Å². The van der Waals surface area contributed by atoms with Crippen molar-refractivity contribution in [2.45, 2.75) is 25.4 Å². The van der Waals surface area contributed by atoms with Crippen LogP contribution >= 0.6 is 0 Å². The van der Waals surface area contributed by atoms with Gasteiger partial charge in [0.15, 0.2) is 0 Å². The summed E-state index contributed by atoms with van der Waals surface area (Å²) in [7, 11) is 0. The fraction of sp³-hybridized carbons (Fsp3) is 0.294. The van der Waals surface area contributed by atoms with Crippen molar-refractivity contribution in [2.75, 3.05) is 6.61 Å². The van der Waals surface area contributed by atoms with Gasteiger partial charge in [0.05, 0.1) is 12.9 Å². The number of carbonyl (C=O) groups is 2. The van der Waals surface area contributed by atoms with Crippen molar-refractivity contribution >= 4 is 11.8 Å². The van der Waals surface area contributed by atoms with E-state index in [2.05, 4.69) is 10.6 Å². The van der Waals surface area contributed by atoms with Crippen LogP contribution in [0.1, 0.15) is 24.3 Å². The number of aliphatic hydroxyl groups is 1. The number of nitrogens with one attached hydrogen (secondary N) is 2. The molecule has 2 atom stereocenters. The second-order valence-corrected chi connectivity index (χ2v) is 5.20. The van der Waals surface area contributed by atoms with Gasteiger partial charge in [-0.25, -0.2) is 0 Å². The molecule has 23 heavy (non-hydrogen) atoms. The standard InChI is InChI=1S/C17H20N2O4/c1-12(21)18-14(10-13-6-3-2-4-7-13)17(22)19-15(11-20)16-8-5-9-23-16/h2-9,14-15,20H,10-11H2,1H3,(H,18,21)(H,19,22)/t14-,15?/m0/s1. The van der Waals surface area contributed by atoms with Gasteiger partial charge in [0, 0.05) is 13.3 Å². The topological polar surface area (TPSA) is 91.6 Å². The predicted molar refractivity (Wildman–Crippen MR) is 84.4 cm³/mol. The smallest absolute Gasteiger partial charge is 0.243 e. The van der Waals surface area contributed by atoms with Crippen LogP contribution < -0.4 is 10.6 Å². The molecular weight excluding hydrogens is 296 g/mol. The third-order valence-corrected chi connectivity index (χ3v) is 3.36. The van der Waals surface area contributed by atoms with E-state index in [1.807, 2.05) is 30.3 Å². The lowest BCUT2D eigenvalue weighted by Gasteiger charge is -2.21. The molecule has 122 valence electrons. The Bertz CT molecular complexity index is 625. The molecule has 0 saturated carbocycles. The molecule has 6 heteroatoms. The number of hydrogen-bond donors (Lipinski definition) is 3. The largest absolute Gasteiger partial charge is 0.467 e. The van der Waals surface area contributed by atoms with E-state index in [0.717, 1.165) is 5.56 Å². The van der Waals surface area contributed by atoms with Crippen molar-refractivity contribution in [3.05, 3.63) is 60.1 Å². The maximum absolute atomic E-state index is 12.5. The van der Waals surface area contributed by atoms with Crippen molar-refractivity contribution < 1.29 is 19.1 Å². The first-order valence-electron chi connectivity index (χ1n) is 7.36. The summed E-state index contributed by atoms with van der Waals surface area (Å²) in [6.07, 6.45) is 1.84. The van der Waals surface area contributed by atoms with Gasteiger partial charge in [-0.1, -0.05) is 30.3 Å². The Labute approximate surface area is 134 Å². The van der Waals surface area contributed by atoms with Gasteiger partial charge >= 0.3 is 0 Å². The summed E-state index contributed by atoms with van der Waals surface area (Å²) in [4.78, 5) is 23.8. The first kappa shape index (κ1) is 16.8. The van der Waals surface area contributed by atoms with Crippen molar-refractivity contribution in [1.82, 2.24) is 10.6 Å². The van der Waals surface area contributed by atoms with Gasteiger partial charge in [-0.15, -0.1) is 0 Å². The number of hydrogen-bond acceptors (Lipinski definition) is 4. The summed E-state index contributed by atoms with van der Waals surface area (Å²) in [6.45, 7) is 1.07. The molecule has 0 aliphatic heterocycles. The van der Waals surface area contributed by atoms with Crippen LogP contribution in [-0.2, 0) is 16.0 Å². The highest BCUT2D eigenvalue weighted by Crippen LogP contribution is 2.13. The third kappa shape index (κ3) is 4.96. The average Bonchev–Trinajstić information content (AvgIpc) is 3.06. The van der Waals surface area contributed by atoms with Gasteiger partial charge in [0.1, 0.15) is 17.8 Å². The first-order chi connectivity index (χ1) is 11.1. The molecular formula is C17H20N2O4. The molecule has 0 aliphatic carbocycles. The Kier molecular flexibility index (Phi) is 5.94. The van der Waals surface area contributed by atoms with Gasteiger partial charge in [-0.05, 0) is 17.7 Å². The zero-order valence-electron chi connectivity index (χ0n) is 12.9. The van der Waals surface area contributed by atoms with Crippen molar-refractivity contribution in [1.29, 1.82) is 0 Å². The maximum Gasteiger partial charge on any atom is 0.243 e. The van der Waals surface area contributed by atoms with E-state index in [4.69, 9.17) is 4.42 Å². The number of benzene rings is 1. The summed E-state index contributed by atoms with van der Waals surface area (Å²) in [6, 6.07) is 11.4. The highest BCUT2D eigenvalue weighted by atomic mass is 16.3. The van der Waals surface area contributed by atoms with Crippen LogP contribution in [0.3, 0.4) is 0 Å². The summed E-state index contributed by atoms with van der Waals surface area (Å²) < 4.78 is 5.20. The van der Waals surface area contributed by atoms with Crippen LogP contribution in [-0.4, -0.2) is 29.6 Å². The van der Waals surface area contributed by atoms with Gasteiger partial charge in [0.2, 0.25) is 11.8 Å². The lowest BCUT2D eigenvalue weighted by Crippen LogP contribution is -2.48. The fourth-order valence-electron chi connectivity index (χ4n) is 2.27. The number of carbonyl (C=O) groups excluding carboxylic acids is 2. The average molecular weight is 316 g/mol. The normalized spacial score (nSPS) is 13.1. The number of rotatable bonds is 7. The minimum Gasteiger partial charge on any atom is -0.467 e. The Hall–Kier alpha value is -2.60. The zero-order valence-corrected chi connectivity index (χ0v) is 12.9. The SMILES string of the molecule is CC(=O)N[C@@H](Cc1ccccc1)C(=O)NC(CO)c1ccco1. The van der Waals surface area contributed by atoms with Crippen LogP contribution in [0.5, 0.6) is 0 Å². The third-order valence-electron chi connectivity index (χ3n) is 3.36. The number of furan rings is 1. The summed E-state index contributed by atoms with van der Waals surface area (Å²) in [5, 5.41) is 14.8. The molecule has 3 N–H and O–H groups in total. The zero-order chi connectivity index (χ0) is 16.7. The summed E-state index contributed by atoms with van der Waals surface area (Å²) in [5.74, 6) is -0.207. The minimum atomic E-state index is -0.723. The molecule has 6 nitrogen and oxygen atoms in total. The van der Waals surface area contributed by atoms with Gasteiger partial charge < -0.3 is 20.2 Å². The Morgan fingerprint density at radius 2 is 1.87 bits per heavy atom. The molecule has 0 radical (unpaired) electrons. The summed E-state index contributed by atoms with van der Waals surface area (Å²) >= 11 is 0. The quantitative estimate of drug-likeness (QED) is 0.715. The van der Waals surface area contributed by atoms with E-state index in [1.165, 1.54) is 13.2 Å². The molecule has 1 heterocycles. The molecule has 0 fully saturated rings. The molecule has 0 spiro atoms. The van der Waals surface area contributed by atoms with E-state index >= 15 is 0 Å². The molecule has 1 aromatic heterocycles. The molecule has 0 bridgehead atoms. The van der Waals surface area contributed by atoms with Crippen LogP contribution in [0.2, 0.25) is 0 Å². The highest BCUT2D eigenvalue weighted by molar-refractivity contribution is 5.87. The Balaban J connectivity index is 2.08.